The van der Waals surface area contributed by atoms with Crippen LogP contribution in [0.25, 0.3) is 10.8 Å². The van der Waals surface area contributed by atoms with Gasteiger partial charge in [0.05, 0.1) is 10.6 Å². The second-order valence-electron chi connectivity index (χ2n) is 7.12. The van der Waals surface area contributed by atoms with Crippen molar-refractivity contribution in [3.05, 3.63) is 109 Å². The zero-order valence-corrected chi connectivity index (χ0v) is 17.6. The van der Waals surface area contributed by atoms with E-state index in [2.05, 4.69) is 5.32 Å². The first-order valence-corrected chi connectivity index (χ1v) is 11.4. The van der Waals surface area contributed by atoms with Gasteiger partial charge in [-0.05, 0) is 46.7 Å². The van der Waals surface area contributed by atoms with Crippen LogP contribution in [0.3, 0.4) is 0 Å². The summed E-state index contributed by atoms with van der Waals surface area (Å²) in [5.74, 6) is -0.378. The molecule has 0 bridgehead atoms. The van der Waals surface area contributed by atoms with E-state index >= 15 is 0 Å². The molecule has 1 N–H and O–H groups in total. The van der Waals surface area contributed by atoms with Crippen molar-refractivity contribution in [2.75, 3.05) is 10.8 Å². The maximum atomic E-state index is 13.2. The number of nitrogens with one attached hydrogen (secondary N) is 1. The van der Waals surface area contributed by atoms with Gasteiger partial charge in [-0.15, -0.1) is 0 Å². The normalized spacial score (nSPS) is 11.2. The number of hydrogen-bond donors (Lipinski definition) is 1. The molecule has 0 saturated heterocycles. The van der Waals surface area contributed by atoms with Gasteiger partial charge in [0.2, 0.25) is 5.91 Å². The zero-order valence-electron chi connectivity index (χ0n) is 16.8. The lowest BCUT2D eigenvalue weighted by molar-refractivity contribution is -0.119. The van der Waals surface area contributed by atoms with E-state index in [0.29, 0.717) is 12.2 Å². The minimum atomic E-state index is -3.89. The first-order valence-electron chi connectivity index (χ1n) is 9.91. The van der Waals surface area contributed by atoms with Crippen molar-refractivity contribution < 1.29 is 13.2 Å². The Balaban J connectivity index is 1.53. The lowest BCUT2D eigenvalue weighted by Crippen LogP contribution is -2.40. The summed E-state index contributed by atoms with van der Waals surface area (Å²) in [5.41, 5.74) is 1.39. The summed E-state index contributed by atoms with van der Waals surface area (Å²) in [5, 5.41) is 5.06. The van der Waals surface area contributed by atoms with Crippen LogP contribution in [0, 0.1) is 0 Å². The summed E-state index contributed by atoms with van der Waals surface area (Å²) in [4.78, 5) is 12.9. The molecule has 0 saturated carbocycles. The van der Waals surface area contributed by atoms with Gasteiger partial charge < -0.3 is 5.32 Å². The molecule has 0 heterocycles. The highest BCUT2D eigenvalue weighted by molar-refractivity contribution is 7.92. The molecule has 0 aliphatic heterocycles. The molecule has 1 amide bonds. The van der Waals surface area contributed by atoms with E-state index in [9.17, 15) is 13.2 Å². The van der Waals surface area contributed by atoms with Crippen LogP contribution in [0.5, 0.6) is 0 Å². The van der Waals surface area contributed by atoms with E-state index in [1.807, 2.05) is 42.5 Å². The van der Waals surface area contributed by atoms with Crippen molar-refractivity contribution in [1.29, 1.82) is 0 Å². The molecule has 0 fully saturated rings. The maximum Gasteiger partial charge on any atom is 0.264 e. The van der Waals surface area contributed by atoms with Gasteiger partial charge in [0, 0.05) is 6.54 Å². The summed E-state index contributed by atoms with van der Waals surface area (Å²) >= 11 is 0. The van der Waals surface area contributed by atoms with Gasteiger partial charge in [-0.25, -0.2) is 8.42 Å². The van der Waals surface area contributed by atoms with Crippen LogP contribution in [0.15, 0.2) is 108 Å². The Labute approximate surface area is 182 Å². The number of nitrogens with zero attached hydrogens (tertiary/aromatic N) is 1. The van der Waals surface area contributed by atoms with E-state index in [-0.39, 0.29) is 17.3 Å². The predicted molar refractivity (Wildman–Crippen MR) is 123 cm³/mol. The number of para-hydroxylation sites is 1. The number of rotatable bonds is 7. The minimum absolute atomic E-state index is 0.140. The topological polar surface area (TPSA) is 66.5 Å². The molecule has 0 aliphatic rings. The van der Waals surface area contributed by atoms with Crippen LogP contribution in [-0.4, -0.2) is 20.9 Å². The summed E-state index contributed by atoms with van der Waals surface area (Å²) in [6.45, 7) is 0.00645. The molecule has 0 radical (unpaired) electrons. The molecule has 0 atom stereocenters. The zero-order chi connectivity index (χ0) is 21.7. The lowest BCUT2D eigenvalue weighted by atomic mass is 10.1. The van der Waals surface area contributed by atoms with Gasteiger partial charge in [-0.3, -0.25) is 9.10 Å². The van der Waals surface area contributed by atoms with Crippen LogP contribution < -0.4 is 9.62 Å². The molecule has 31 heavy (non-hydrogen) atoms. The molecular weight excluding hydrogens is 408 g/mol. The SMILES string of the molecule is O=C(CN(c1ccccc1)S(=O)(=O)c1ccccc1)NCc1ccc2ccccc2c1. The van der Waals surface area contributed by atoms with Crippen LogP contribution in [0.4, 0.5) is 5.69 Å². The number of benzene rings is 4. The predicted octanol–water partition coefficient (Wildman–Crippen LogP) is 4.35. The number of fused-ring (bicyclic) bond motifs is 1. The highest BCUT2D eigenvalue weighted by Gasteiger charge is 2.26. The Morgan fingerprint density at radius 2 is 1.35 bits per heavy atom. The number of carbonyl (C=O) groups excluding carboxylic acids is 1. The van der Waals surface area contributed by atoms with E-state index in [1.54, 1.807) is 48.5 Å². The van der Waals surface area contributed by atoms with Crippen LogP contribution >= 0.6 is 0 Å². The van der Waals surface area contributed by atoms with Crippen LogP contribution in [0.2, 0.25) is 0 Å². The largest absolute Gasteiger partial charge is 0.350 e. The Kier molecular flexibility index (Phi) is 6.00. The van der Waals surface area contributed by atoms with E-state index < -0.39 is 10.0 Å². The van der Waals surface area contributed by atoms with E-state index in [1.165, 1.54) is 12.1 Å². The number of carbonyl (C=O) groups is 1. The number of hydrogen-bond acceptors (Lipinski definition) is 3. The summed E-state index contributed by atoms with van der Waals surface area (Å²) in [6, 6.07) is 30.8. The fraction of sp³-hybridized carbons (Fsp3) is 0.0800. The monoisotopic (exact) mass is 430 g/mol. The minimum Gasteiger partial charge on any atom is -0.350 e. The second-order valence-corrected chi connectivity index (χ2v) is 8.98. The molecule has 0 spiro atoms. The maximum absolute atomic E-state index is 13.2. The number of anilines is 1. The lowest BCUT2D eigenvalue weighted by Gasteiger charge is -2.24. The molecule has 4 rings (SSSR count). The third-order valence-corrected chi connectivity index (χ3v) is 6.75. The molecule has 0 aliphatic carbocycles. The van der Waals surface area contributed by atoms with E-state index in [4.69, 9.17) is 0 Å². The van der Waals surface area contributed by atoms with Crippen molar-refractivity contribution in [3.8, 4) is 0 Å². The first-order chi connectivity index (χ1) is 15.0. The van der Waals surface area contributed by atoms with Crippen molar-refractivity contribution in [1.82, 2.24) is 5.32 Å². The van der Waals surface area contributed by atoms with Crippen molar-refractivity contribution in [2.24, 2.45) is 0 Å². The van der Waals surface area contributed by atoms with Crippen LogP contribution in [-0.2, 0) is 21.4 Å². The summed E-state index contributed by atoms with van der Waals surface area (Å²) in [7, 11) is -3.89. The Morgan fingerprint density at radius 3 is 2.06 bits per heavy atom. The molecule has 4 aromatic rings. The van der Waals surface area contributed by atoms with E-state index in [0.717, 1.165) is 20.6 Å². The fourth-order valence-corrected chi connectivity index (χ4v) is 4.81. The smallest absolute Gasteiger partial charge is 0.264 e. The van der Waals surface area contributed by atoms with Gasteiger partial charge >= 0.3 is 0 Å². The van der Waals surface area contributed by atoms with Gasteiger partial charge in [0.15, 0.2) is 0 Å². The molecule has 0 aromatic heterocycles. The fourth-order valence-electron chi connectivity index (χ4n) is 3.36. The van der Waals surface area contributed by atoms with Gasteiger partial charge in [0.1, 0.15) is 6.54 Å². The third kappa shape index (κ3) is 4.75. The Morgan fingerprint density at radius 1 is 0.742 bits per heavy atom. The molecule has 4 aromatic carbocycles. The summed E-state index contributed by atoms with van der Waals surface area (Å²) in [6.07, 6.45) is 0. The van der Waals surface area contributed by atoms with Crippen molar-refractivity contribution in [2.45, 2.75) is 11.4 Å². The average Bonchev–Trinajstić information content (AvgIpc) is 2.82. The molecule has 6 heteroatoms. The Bertz CT molecular complexity index is 1290. The molecule has 0 unspecified atom stereocenters. The van der Waals surface area contributed by atoms with Crippen molar-refractivity contribution in [3.63, 3.8) is 0 Å². The number of amides is 1. The quantitative estimate of drug-likeness (QED) is 0.474. The van der Waals surface area contributed by atoms with Gasteiger partial charge in [0.25, 0.3) is 10.0 Å². The molecule has 156 valence electrons. The first kappa shape index (κ1) is 20.6. The molecular formula is C25H22N2O3S. The van der Waals surface area contributed by atoms with Gasteiger partial charge in [-0.2, -0.15) is 0 Å². The van der Waals surface area contributed by atoms with Gasteiger partial charge in [-0.1, -0.05) is 72.8 Å². The number of sulfonamides is 1. The molecule has 5 nitrogen and oxygen atoms in total. The van der Waals surface area contributed by atoms with Crippen LogP contribution in [0.1, 0.15) is 5.56 Å². The highest BCUT2D eigenvalue weighted by atomic mass is 32.2. The van der Waals surface area contributed by atoms with Crippen molar-refractivity contribution >= 4 is 32.4 Å². The summed E-state index contributed by atoms with van der Waals surface area (Å²) < 4.78 is 27.6. The Hall–Kier alpha value is -3.64. The highest BCUT2D eigenvalue weighted by Crippen LogP contribution is 2.23. The second kappa shape index (κ2) is 9.02. The third-order valence-electron chi connectivity index (χ3n) is 4.97. The average molecular weight is 431 g/mol. The standard InChI is InChI=1S/C25H22N2O3S/c28-25(26-18-20-15-16-21-9-7-8-10-22(21)17-20)19-27(23-11-3-1-4-12-23)31(29,30)24-13-5-2-6-14-24/h1-17H,18-19H2,(H,26,28).